The first-order chi connectivity index (χ1) is 9.60. The third-order valence-corrected chi connectivity index (χ3v) is 3.27. The molecule has 0 saturated heterocycles. The number of rotatable bonds is 4. The number of aromatic hydroxyl groups is 1. The number of anilines is 1. The van der Waals surface area contributed by atoms with Crippen LogP contribution in [-0.4, -0.2) is 18.4 Å². The van der Waals surface area contributed by atoms with Crippen molar-refractivity contribution in [2.24, 2.45) is 5.10 Å². The van der Waals surface area contributed by atoms with Crippen molar-refractivity contribution in [3.63, 3.8) is 0 Å². The number of hydrogen-bond acceptors (Lipinski definition) is 4. The van der Waals surface area contributed by atoms with Gasteiger partial charge in [0.1, 0.15) is 0 Å². The first kappa shape index (κ1) is 14.5. The predicted molar refractivity (Wildman–Crippen MR) is 82.3 cm³/mol. The minimum atomic E-state index is 0.0611. The molecule has 0 aromatic heterocycles. The van der Waals surface area contributed by atoms with E-state index in [9.17, 15) is 5.11 Å². The van der Waals surface area contributed by atoms with E-state index in [1.165, 1.54) is 7.11 Å². The molecule has 2 aromatic carbocycles. The molecule has 0 radical (unpaired) electrons. The standard InChI is InChI=1S/C14H12Cl2N2O2/c1-20-14-5-2-9(6-13(14)19)8-17-18-10-3-4-11(15)12(16)7-10/h2-8,18-19H,1H3. The molecule has 6 heteroatoms. The van der Waals surface area contributed by atoms with Gasteiger partial charge in [0, 0.05) is 0 Å². The van der Waals surface area contributed by atoms with Crippen LogP contribution in [0.2, 0.25) is 10.0 Å². The van der Waals surface area contributed by atoms with Gasteiger partial charge in [0.2, 0.25) is 0 Å². The Hall–Kier alpha value is -1.91. The Balaban J connectivity index is 2.06. The average molecular weight is 311 g/mol. The van der Waals surface area contributed by atoms with Gasteiger partial charge in [-0.05, 0) is 42.0 Å². The lowest BCUT2D eigenvalue weighted by Gasteiger charge is -2.04. The Labute approximate surface area is 126 Å². The summed E-state index contributed by atoms with van der Waals surface area (Å²) >= 11 is 11.7. The molecule has 0 aliphatic rings. The minimum Gasteiger partial charge on any atom is -0.504 e. The number of phenolic OH excluding ortho intramolecular Hbond substituents is 1. The Kier molecular flexibility index (Phi) is 4.71. The summed E-state index contributed by atoms with van der Waals surface area (Å²) < 4.78 is 4.96. The molecule has 0 bridgehead atoms. The summed E-state index contributed by atoms with van der Waals surface area (Å²) in [6.45, 7) is 0. The molecule has 20 heavy (non-hydrogen) atoms. The molecule has 4 nitrogen and oxygen atoms in total. The van der Waals surface area contributed by atoms with E-state index in [0.29, 0.717) is 21.5 Å². The van der Waals surface area contributed by atoms with Crippen molar-refractivity contribution in [3.8, 4) is 11.5 Å². The molecular weight excluding hydrogens is 299 g/mol. The highest BCUT2D eigenvalue weighted by Gasteiger charge is 2.01. The van der Waals surface area contributed by atoms with Crippen LogP contribution >= 0.6 is 23.2 Å². The van der Waals surface area contributed by atoms with Gasteiger partial charge in [-0.15, -0.1) is 0 Å². The zero-order chi connectivity index (χ0) is 14.5. The SMILES string of the molecule is COc1ccc(C=NNc2ccc(Cl)c(Cl)c2)cc1O. The fourth-order valence-electron chi connectivity index (χ4n) is 1.53. The summed E-state index contributed by atoms with van der Waals surface area (Å²) in [5.74, 6) is 0.477. The molecule has 0 amide bonds. The van der Waals surface area contributed by atoms with Crippen LogP contribution in [0.1, 0.15) is 5.56 Å². The second-order valence-corrected chi connectivity index (χ2v) is 4.74. The van der Waals surface area contributed by atoms with Crippen LogP contribution in [-0.2, 0) is 0 Å². The molecule has 104 valence electrons. The van der Waals surface area contributed by atoms with Gasteiger partial charge in [0.25, 0.3) is 0 Å². The molecule has 2 N–H and O–H groups in total. The number of nitrogens with one attached hydrogen (secondary N) is 1. The van der Waals surface area contributed by atoms with E-state index in [1.807, 2.05) is 0 Å². The zero-order valence-electron chi connectivity index (χ0n) is 10.6. The predicted octanol–water partition coefficient (Wildman–Crippen LogP) is 4.15. The molecule has 0 heterocycles. The quantitative estimate of drug-likeness (QED) is 0.658. The van der Waals surface area contributed by atoms with Gasteiger partial charge in [-0.1, -0.05) is 23.2 Å². The second-order valence-electron chi connectivity index (χ2n) is 3.93. The summed E-state index contributed by atoms with van der Waals surface area (Å²) in [4.78, 5) is 0. The van der Waals surface area contributed by atoms with E-state index in [2.05, 4.69) is 10.5 Å². The number of hydrazone groups is 1. The Bertz CT molecular complexity index is 645. The maximum absolute atomic E-state index is 9.64. The lowest BCUT2D eigenvalue weighted by molar-refractivity contribution is 0.373. The van der Waals surface area contributed by atoms with Crippen LogP contribution in [0.5, 0.6) is 11.5 Å². The van der Waals surface area contributed by atoms with Crippen LogP contribution < -0.4 is 10.2 Å². The maximum Gasteiger partial charge on any atom is 0.160 e. The average Bonchev–Trinajstić information content (AvgIpc) is 2.43. The lowest BCUT2D eigenvalue weighted by Crippen LogP contribution is -1.91. The minimum absolute atomic E-state index is 0.0611. The molecule has 0 saturated carbocycles. The molecule has 0 aliphatic carbocycles. The molecule has 2 rings (SSSR count). The summed E-state index contributed by atoms with van der Waals surface area (Å²) in [5, 5.41) is 14.6. The van der Waals surface area contributed by atoms with Gasteiger partial charge in [-0.3, -0.25) is 5.43 Å². The van der Waals surface area contributed by atoms with Gasteiger partial charge in [-0.25, -0.2) is 0 Å². The maximum atomic E-state index is 9.64. The van der Waals surface area contributed by atoms with Gasteiger partial charge in [-0.2, -0.15) is 5.10 Å². The van der Waals surface area contributed by atoms with Crippen LogP contribution in [0.4, 0.5) is 5.69 Å². The van der Waals surface area contributed by atoms with E-state index in [4.69, 9.17) is 27.9 Å². The van der Waals surface area contributed by atoms with Crippen molar-refractivity contribution in [3.05, 3.63) is 52.0 Å². The molecule has 0 atom stereocenters. The van der Waals surface area contributed by atoms with Crippen molar-refractivity contribution in [2.45, 2.75) is 0 Å². The van der Waals surface area contributed by atoms with Crippen LogP contribution in [0, 0.1) is 0 Å². The Morgan fingerprint density at radius 2 is 1.95 bits per heavy atom. The number of benzene rings is 2. The summed E-state index contributed by atoms with van der Waals surface area (Å²) in [6.07, 6.45) is 1.57. The van der Waals surface area contributed by atoms with Crippen molar-refractivity contribution in [1.29, 1.82) is 0 Å². The molecule has 2 aromatic rings. The third kappa shape index (κ3) is 3.56. The van der Waals surface area contributed by atoms with Crippen molar-refractivity contribution in [1.82, 2.24) is 0 Å². The fourth-order valence-corrected chi connectivity index (χ4v) is 1.83. The topological polar surface area (TPSA) is 53.8 Å². The Morgan fingerprint density at radius 1 is 1.15 bits per heavy atom. The molecule has 0 unspecified atom stereocenters. The Morgan fingerprint density at radius 3 is 2.60 bits per heavy atom. The highest BCUT2D eigenvalue weighted by molar-refractivity contribution is 6.42. The van der Waals surface area contributed by atoms with Gasteiger partial charge < -0.3 is 9.84 Å². The largest absolute Gasteiger partial charge is 0.504 e. The van der Waals surface area contributed by atoms with E-state index in [1.54, 1.807) is 42.6 Å². The van der Waals surface area contributed by atoms with E-state index in [0.717, 1.165) is 5.56 Å². The van der Waals surface area contributed by atoms with E-state index >= 15 is 0 Å². The number of ether oxygens (including phenoxy) is 1. The molecular formula is C14H12Cl2N2O2. The number of halogens is 2. The number of nitrogens with zero attached hydrogens (tertiary/aromatic N) is 1. The molecule has 0 spiro atoms. The normalized spacial score (nSPS) is 10.8. The zero-order valence-corrected chi connectivity index (χ0v) is 12.1. The third-order valence-electron chi connectivity index (χ3n) is 2.53. The summed E-state index contributed by atoms with van der Waals surface area (Å²) in [7, 11) is 1.49. The number of hydrogen-bond donors (Lipinski definition) is 2. The smallest absolute Gasteiger partial charge is 0.160 e. The number of methoxy groups -OCH3 is 1. The highest BCUT2D eigenvalue weighted by Crippen LogP contribution is 2.26. The fraction of sp³-hybridized carbons (Fsp3) is 0.0714. The van der Waals surface area contributed by atoms with Crippen LogP contribution in [0.25, 0.3) is 0 Å². The van der Waals surface area contributed by atoms with Crippen molar-refractivity contribution in [2.75, 3.05) is 12.5 Å². The molecule has 0 aliphatic heterocycles. The van der Waals surface area contributed by atoms with Gasteiger partial charge in [0.05, 0.1) is 29.1 Å². The number of phenols is 1. The molecule has 0 fully saturated rings. The lowest BCUT2D eigenvalue weighted by atomic mass is 10.2. The van der Waals surface area contributed by atoms with E-state index in [-0.39, 0.29) is 5.75 Å². The summed E-state index contributed by atoms with van der Waals surface area (Å²) in [5.41, 5.74) is 4.27. The second kappa shape index (κ2) is 6.50. The van der Waals surface area contributed by atoms with Crippen molar-refractivity contribution >= 4 is 35.1 Å². The van der Waals surface area contributed by atoms with Crippen molar-refractivity contribution < 1.29 is 9.84 Å². The monoisotopic (exact) mass is 310 g/mol. The first-order valence-electron chi connectivity index (χ1n) is 5.71. The van der Waals surface area contributed by atoms with Gasteiger partial charge >= 0.3 is 0 Å². The van der Waals surface area contributed by atoms with E-state index < -0.39 is 0 Å². The first-order valence-corrected chi connectivity index (χ1v) is 6.47. The highest BCUT2D eigenvalue weighted by atomic mass is 35.5. The summed E-state index contributed by atoms with van der Waals surface area (Å²) in [6, 6.07) is 10.1. The van der Waals surface area contributed by atoms with Crippen LogP contribution in [0.15, 0.2) is 41.5 Å². The van der Waals surface area contributed by atoms with Crippen LogP contribution in [0.3, 0.4) is 0 Å². The van der Waals surface area contributed by atoms with Gasteiger partial charge in [0.15, 0.2) is 11.5 Å².